The maximum Gasteiger partial charge on any atom is 0.181 e. The van der Waals surface area contributed by atoms with Crippen LogP contribution in [0.4, 0.5) is 5.82 Å². The van der Waals surface area contributed by atoms with Gasteiger partial charge in [0, 0.05) is 24.1 Å². The van der Waals surface area contributed by atoms with Gasteiger partial charge in [0.15, 0.2) is 34.1 Å². The Hall–Kier alpha value is -3.16. The molecule has 0 spiro atoms. The third-order valence-electron chi connectivity index (χ3n) is 4.34. The Kier molecular flexibility index (Phi) is 5.33. The smallest absolute Gasteiger partial charge is 0.181 e. The molecule has 0 bridgehead atoms. The number of hydrogen-bond donors (Lipinski definition) is 2. The number of aromatic nitrogens is 5. The first-order valence-corrected chi connectivity index (χ1v) is 10.0. The lowest BCUT2D eigenvalue weighted by atomic mass is 10.2. The van der Waals surface area contributed by atoms with Gasteiger partial charge < -0.3 is 20.0 Å². The average Bonchev–Trinajstić information content (AvgIpc) is 3.29. The first kappa shape index (κ1) is 19.2. The maximum atomic E-state index is 9.57. The van der Waals surface area contributed by atoms with E-state index >= 15 is 0 Å². The minimum absolute atomic E-state index is 0.332. The predicted octanol–water partition coefficient (Wildman–Crippen LogP) is 2.82. The van der Waals surface area contributed by atoms with Crippen LogP contribution in [0.25, 0.3) is 22.3 Å². The highest BCUT2D eigenvalue weighted by Crippen LogP contribution is 2.34. The molecule has 0 aliphatic heterocycles. The van der Waals surface area contributed by atoms with Crippen LogP contribution in [0.5, 0.6) is 0 Å². The van der Waals surface area contributed by atoms with Crippen molar-refractivity contribution >= 4 is 39.8 Å². The highest BCUT2D eigenvalue weighted by atomic mass is 32.2. The van der Waals surface area contributed by atoms with Gasteiger partial charge in [-0.1, -0.05) is 25.6 Å². The fourth-order valence-corrected chi connectivity index (χ4v) is 3.96. The molecule has 0 saturated heterocycles. The van der Waals surface area contributed by atoms with Gasteiger partial charge in [-0.25, -0.2) is 19.9 Å². The quantitative estimate of drug-likeness (QED) is 0.443. The number of imidazole rings is 1. The van der Waals surface area contributed by atoms with Crippen molar-refractivity contribution in [2.24, 2.45) is 5.92 Å². The van der Waals surface area contributed by atoms with E-state index in [0.29, 0.717) is 51.3 Å². The highest BCUT2D eigenvalue weighted by Gasteiger charge is 2.18. The molecule has 1 aromatic carbocycles. The Balaban J connectivity index is 1.72. The number of nitriles is 1. The van der Waals surface area contributed by atoms with E-state index in [0.717, 1.165) is 18.0 Å². The van der Waals surface area contributed by atoms with Gasteiger partial charge in [0.05, 0.1) is 5.56 Å². The molecule has 0 aliphatic rings. The second-order valence-electron chi connectivity index (χ2n) is 6.96. The maximum absolute atomic E-state index is 9.57. The third kappa shape index (κ3) is 3.87. The fourth-order valence-electron chi connectivity index (χ4n) is 2.95. The molecule has 4 aromatic rings. The minimum atomic E-state index is 0.332. The molecule has 0 atom stereocenters. The molecule has 3 N–H and O–H groups in total. The Morgan fingerprint density at radius 3 is 2.97 bits per heavy atom. The first-order chi connectivity index (χ1) is 14.1. The van der Waals surface area contributed by atoms with E-state index in [-0.39, 0.29) is 0 Å². The van der Waals surface area contributed by atoms with Crippen molar-refractivity contribution in [3.8, 4) is 6.07 Å². The van der Waals surface area contributed by atoms with Crippen molar-refractivity contribution in [2.45, 2.75) is 30.4 Å². The Morgan fingerprint density at radius 1 is 1.31 bits per heavy atom. The molecule has 29 heavy (non-hydrogen) atoms. The molecule has 4 rings (SSSR count). The van der Waals surface area contributed by atoms with E-state index in [2.05, 4.69) is 45.2 Å². The molecule has 9 nitrogen and oxygen atoms in total. The summed E-state index contributed by atoms with van der Waals surface area (Å²) in [4.78, 5) is 18.0. The molecule has 10 heteroatoms. The summed E-state index contributed by atoms with van der Waals surface area (Å²) in [5.74, 6) is 0.895. The van der Waals surface area contributed by atoms with Gasteiger partial charge in [-0.15, -0.1) is 0 Å². The number of nitrogens with one attached hydrogen (secondary N) is 1. The Bertz CT molecular complexity index is 1210. The van der Waals surface area contributed by atoms with Crippen LogP contribution in [0.2, 0.25) is 0 Å². The van der Waals surface area contributed by atoms with E-state index in [4.69, 9.17) is 10.2 Å². The van der Waals surface area contributed by atoms with Crippen LogP contribution in [0, 0.1) is 17.2 Å². The summed E-state index contributed by atoms with van der Waals surface area (Å²) < 4.78 is 7.30. The van der Waals surface area contributed by atoms with Crippen LogP contribution in [0.3, 0.4) is 0 Å². The molecule has 3 aromatic heterocycles. The van der Waals surface area contributed by atoms with Crippen LogP contribution in [-0.4, -0.2) is 37.6 Å². The molecule has 0 aliphatic carbocycles. The first-order valence-electron chi connectivity index (χ1n) is 9.19. The van der Waals surface area contributed by atoms with Crippen molar-refractivity contribution in [3.63, 3.8) is 0 Å². The van der Waals surface area contributed by atoms with Crippen molar-refractivity contribution in [2.75, 3.05) is 18.8 Å². The van der Waals surface area contributed by atoms with Crippen LogP contribution < -0.4 is 11.1 Å². The Labute approximate surface area is 171 Å². The number of nitrogens with zero attached hydrogens (tertiary/aromatic N) is 6. The minimum Gasteiger partial charge on any atom is -0.443 e. The molecule has 0 amide bonds. The van der Waals surface area contributed by atoms with E-state index in [9.17, 15) is 5.26 Å². The van der Waals surface area contributed by atoms with Crippen molar-refractivity contribution < 1.29 is 4.42 Å². The van der Waals surface area contributed by atoms with Crippen LogP contribution in [-0.2, 0) is 6.54 Å². The molecular formula is C19H20N8OS. The lowest BCUT2D eigenvalue weighted by Crippen LogP contribution is -2.24. The van der Waals surface area contributed by atoms with Gasteiger partial charge in [0.1, 0.15) is 17.9 Å². The van der Waals surface area contributed by atoms with Gasteiger partial charge in [-0.2, -0.15) is 5.26 Å². The summed E-state index contributed by atoms with van der Waals surface area (Å²) in [6.07, 6.45) is 2.81. The fraction of sp³-hybridized carbons (Fsp3) is 0.316. The number of anilines is 1. The zero-order chi connectivity index (χ0) is 20.4. The topological polar surface area (TPSA) is 131 Å². The van der Waals surface area contributed by atoms with E-state index in [1.807, 2.05) is 10.6 Å². The van der Waals surface area contributed by atoms with E-state index < -0.39 is 0 Å². The number of nitrogen functional groups attached to an aromatic ring is 1. The second kappa shape index (κ2) is 8.06. The van der Waals surface area contributed by atoms with Gasteiger partial charge in [-0.3, -0.25) is 0 Å². The number of hydrogen-bond acceptors (Lipinski definition) is 9. The van der Waals surface area contributed by atoms with Gasteiger partial charge in [-0.05, 0) is 18.5 Å². The molecule has 0 radical (unpaired) electrons. The van der Waals surface area contributed by atoms with Gasteiger partial charge in [0.25, 0.3) is 0 Å². The number of benzene rings is 1. The monoisotopic (exact) mass is 408 g/mol. The summed E-state index contributed by atoms with van der Waals surface area (Å²) in [6.45, 7) is 6.68. The van der Waals surface area contributed by atoms with Crippen molar-refractivity contribution in [1.29, 1.82) is 5.26 Å². The lowest BCUT2D eigenvalue weighted by Gasteiger charge is -2.11. The second-order valence-corrected chi connectivity index (χ2v) is 7.97. The predicted molar refractivity (Wildman–Crippen MR) is 110 cm³/mol. The van der Waals surface area contributed by atoms with Gasteiger partial charge >= 0.3 is 0 Å². The number of fused-ring (bicyclic) bond motifs is 2. The SMILES string of the molecule is CC(C)CNCCn1c(Sc2cc3ncoc3cc2C#N)nc2c(N)ncnc21. The van der Waals surface area contributed by atoms with Crippen LogP contribution in [0.15, 0.2) is 39.3 Å². The normalized spacial score (nSPS) is 11.5. The number of rotatable bonds is 7. The number of oxazole rings is 1. The molecular weight excluding hydrogens is 388 g/mol. The molecule has 3 heterocycles. The van der Waals surface area contributed by atoms with E-state index in [1.54, 1.807) is 6.07 Å². The van der Waals surface area contributed by atoms with Crippen molar-refractivity contribution in [3.05, 3.63) is 30.4 Å². The van der Waals surface area contributed by atoms with Crippen LogP contribution >= 0.6 is 11.8 Å². The molecule has 0 saturated carbocycles. The summed E-state index contributed by atoms with van der Waals surface area (Å²) in [6, 6.07) is 5.74. The lowest BCUT2D eigenvalue weighted by molar-refractivity contribution is 0.516. The third-order valence-corrected chi connectivity index (χ3v) is 5.40. The number of nitrogens with two attached hydrogens (primary N) is 1. The standard InChI is InChI=1S/C19H20N8OS/c1-11(2)8-22-3-4-27-18-16(17(21)23-9-24-18)26-19(27)29-15-6-13-14(28-10-25-13)5-12(15)7-20/h5-6,9-11,22H,3-4,8H2,1-2H3,(H2,21,23,24). The molecule has 0 unspecified atom stereocenters. The average molecular weight is 408 g/mol. The largest absolute Gasteiger partial charge is 0.443 e. The summed E-state index contributed by atoms with van der Waals surface area (Å²) >= 11 is 1.38. The van der Waals surface area contributed by atoms with E-state index in [1.165, 1.54) is 24.5 Å². The summed E-state index contributed by atoms with van der Waals surface area (Å²) in [7, 11) is 0. The zero-order valence-corrected chi connectivity index (χ0v) is 16.9. The van der Waals surface area contributed by atoms with Crippen LogP contribution in [0.1, 0.15) is 19.4 Å². The molecule has 148 valence electrons. The summed E-state index contributed by atoms with van der Waals surface area (Å²) in [5, 5.41) is 13.7. The summed E-state index contributed by atoms with van der Waals surface area (Å²) in [5.41, 5.74) is 9.00. The van der Waals surface area contributed by atoms with Crippen molar-refractivity contribution in [1.82, 2.24) is 29.8 Å². The highest BCUT2D eigenvalue weighted by molar-refractivity contribution is 7.99. The Morgan fingerprint density at radius 2 is 2.17 bits per heavy atom. The van der Waals surface area contributed by atoms with Gasteiger partial charge in [0.2, 0.25) is 0 Å². The zero-order valence-electron chi connectivity index (χ0n) is 16.1. The molecule has 0 fully saturated rings.